The monoisotopic (exact) mass is 193 g/mol. The molecule has 74 valence electrons. The van der Waals surface area contributed by atoms with Gasteiger partial charge in [0.25, 0.3) is 0 Å². The SMILES string of the molecule is B.C1=CONC(NC2=CC=CON2)=C1. The highest BCUT2D eigenvalue weighted by atomic mass is 16.6. The van der Waals surface area contributed by atoms with E-state index in [0.29, 0.717) is 0 Å². The molecule has 6 heteroatoms. The van der Waals surface area contributed by atoms with E-state index < -0.39 is 0 Å². The standard InChI is InChI=1S/C8H9N3O2.BH3/c1-3-7(10-12-5-1)9-8-4-2-6-13-11-8;/h1-6,9-11H;1H3. The predicted octanol–water partition coefficient (Wildman–Crippen LogP) is -0.828. The van der Waals surface area contributed by atoms with E-state index in [4.69, 9.17) is 9.68 Å². The second-order valence-corrected chi connectivity index (χ2v) is 2.38. The molecule has 0 aliphatic carbocycles. The third-order valence-electron chi connectivity index (χ3n) is 1.43. The van der Waals surface area contributed by atoms with Gasteiger partial charge in [-0.05, 0) is 24.3 Å². The molecule has 0 atom stereocenters. The second-order valence-electron chi connectivity index (χ2n) is 2.38. The van der Waals surface area contributed by atoms with Crippen LogP contribution < -0.4 is 16.3 Å². The van der Waals surface area contributed by atoms with Crippen LogP contribution in [0.4, 0.5) is 0 Å². The lowest BCUT2D eigenvalue weighted by molar-refractivity contribution is 0.137. The summed E-state index contributed by atoms with van der Waals surface area (Å²) in [5, 5.41) is 3.01. The predicted molar refractivity (Wildman–Crippen MR) is 56.0 cm³/mol. The number of allylic oxidation sites excluding steroid dienone is 4. The Balaban J connectivity index is 0.000000980. The Labute approximate surface area is 83.6 Å². The molecule has 0 spiro atoms. The summed E-state index contributed by atoms with van der Waals surface area (Å²) < 4.78 is 0. The largest absolute Gasteiger partial charge is 0.389 e. The van der Waals surface area contributed by atoms with Gasteiger partial charge in [0, 0.05) is 0 Å². The average molecular weight is 193 g/mol. The summed E-state index contributed by atoms with van der Waals surface area (Å²) in [6, 6.07) is 0. The molecule has 0 aromatic rings. The normalized spacial score (nSPS) is 17.1. The van der Waals surface area contributed by atoms with Crippen LogP contribution in [0.3, 0.4) is 0 Å². The maximum Gasteiger partial charge on any atom is 0.139 e. The van der Waals surface area contributed by atoms with E-state index in [1.165, 1.54) is 0 Å². The lowest BCUT2D eigenvalue weighted by Gasteiger charge is -2.18. The minimum atomic E-state index is 0. The van der Waals surface area contributed by atoms with E-state index in [-0.39, 0.29) is 8.41 Å². The Hall–Kier alpha value is -1.98. The molecule has 0 saturated carbocycles. The van der Waals surface area contributed by atoms with Crippen LogP contribution >= 0.6 is 0 Å². The van der Waals surface area contributed by atoms with Gasteiger partial charge in [0.1, 0.15) is 24.2 Å². The van der Waals surface area contributed by atoms with E-state index in [2.05, 4.69) is 16.3 Å². The summed E-state index contributed by atoms with van der Waals surface area (Å²) in [6.45, 7) is 0. The molecule has 0 radical (unpaired) electrons. The molecule has 0 saturated heterocycles. The Morgan fingerprint density at radius 1 is 0.929 bits per heavy atom. The maximum absolute atomic E-state index is 4.85. The second kappa shape index (κ2) is 4.91. The quantitative estimate of drug-likeness (QED) is 0.500. The van der Waals surface area contributed by atoms with Crippen molar-refractivity contribution in [3.63, 3.8) is 0 Å². The fraction of sp³-hybridized carbons (Fsp3) is 0. The van der Waals surface area contributed by atoms with Crippen molar-refractivity contribution in [3.05, 3.63) is 48.5 Å². The molecule has 2 aliphatic heterocycles. The van der Waals surface area contributed by atoms with Gasteiger partial charge < -0.3 is 15.0 Å². The van der Waals surface area contributed by atoms with Gasteiger partial charge in [-0.1, -0.05) is 0 Å². The fourth-order valence-electron chi connectivity index (χ4n) is 0.892. The lowest BCUT2D eigenvalue weighted by atomic mass is 10.4. The van der Waals surface area contributed by atoms with Crippen LogP contribution in [0.25, 0.3) is 0 Å². The molecule has 2 rings (SSSR count). The molecule has 0 aromatic carbocycles. The zero-order chi connectivity index (χ0) is 8.93. The van der Waals surface area contributed by atoms with Crippen LogP contribution in [0.15, 0.2) is 48.5 Å². The van der Waals surface area contributed by atoms with Crippen molar-refractivity contribution < 1.29 is 9.68 Å². The van der Waals surface area contributed by atoms with Crippen LogP contribution in [-0.4, -0.2) is 8.41 Å². The summed E-state index contributed by atoms with van der Waals surface area (Å²) in [7, 11) is 0. The molecular formula is C8H12BN3O2. The van der Waals surface area contributed by atoms with Gasteiger partial charge in [0.15, 0.2) is 0 Å². The molecule has 0 amide bonds. The minimum absolute atomic E-state index is 0. The van der Waals surface area contributed by atoms with Crippen LogP contribution in [-0.2, 0) is 9.68 Å². The van der Waals surface area contributed by atoms with Gasteiger partial charge in [-0.3, -0.25) is 0 Å². The number of rotatable bonds is 2. The van der Waals surface area contributed by atoms with Crippen molar-refractivity contribution in [1.82, 2.24) is 16.3 Å². The van der Waals surface area contributed by atoms with Crippen LogP contribution in [0, 0.1) is 0 Å². The summed E-state index contributed by atoms with van der Waals surface area (Å²) in [6.07, 6.45) is 10.3. The van der Waals surface area contributed by atoms with Crippen molar-refractivity contribution in [2.45, 2.75) is 0 Å². The Morgan fingerprint density at radius 2 is 1.43 bits per heavy atom. The summed E-state index contributed by atoms with van der Waals surface area (Å²) in [4.78, 5) is 9.70. The van der Waals surface area contributed by atoms with Gasteiger partial charge >= 0.3 is 0 Å². The van der Waals surface area contributed by atoms with Gasteiger partial charge in [-0.15, -0.1) is 0 Å². The highest BCUT2D eigenvalue weighted by molar-refractivity contribution is 5.75. The molecule has 0 unspecified atom stereocenters. The van der Waals surface area contributed by atoms with Gasteiger partial charge in [0.2, 0.25) is 0 Å². The van der Waals surface area contributed by atoms with Crippen molar-refractivity contribution in [3.8, 4) is 0 Å². The highest BCUT2D eigenvalue weighted by Gasteiger charge is 2.02. The van der Waals surface area contributed by atoms with Crippen molar-refractivity contribution in [2.75, 3.05) is 0 Å². The Kier molecular flexibility index (Phi) is 3.54. The first-order valence-electron chi connectivity index (χ1n) is 3.79. The third kappa shape index (κ3) is 2.51. The molecule has 0 fully saturated rings. The Bertz CT molecular complexity index is 280. The highest BCUT2D eigenvalue weighted by Crippen LogP contribution is 1.99. The van der Waals surface area contributed by atoms with Crippen LogP contribution in [0.1, 0.15) is 0 Å². The fourth-order valence-corrected chi connectivity index (χ4v) is 0.892. The average Bonchev–Trinajstić information content (AvgIpc) is 2.21. The third-order valence-corrected chi connectivity index (χ3v) is 1.43. The summed E-state index contributed by atoms with van der Waals surface area (Å²) >= 11 is 0. The first kappa shape index (κ1) is 10.1. The Morgan fingerprint density at radius 3 is 1.79 bits per heavy atom. The van der Waals surface area contributed by atoms with Gasteiger partial charge in [-0.25, -0.2) is 11.0 Å². The zero-order valence-corrected chi connectivity index (χ0v) is 6.78. The van der Waals surface area contributed by atoms with Gasteiger partial charge in [-0.2, -0.15) is 0 Å². The molecule has 2 heterocycles. The zero-order valence-electron chi connectivity index (χ0n) is 6.78. The molecule has 0 aromatic heterocycles. The lowest BCUT2D eigenvalue weighted by Crippen LogP contribution is -2.32. The van der Waals surface area contributed by atoms with Crippen molar-refractivity contribution in [2.24, 2.45) is 0 Å². The van der Waals surface area contributed by atoms with Crippen LogP contribution in [0.2, 0.25) is 0 Å². The molecular weight excluding hydrogens is 181 g/mol. The van der Waals surface area contributed by atoms with Crippen molar-refractivity contribution in [1.29, 1.82) is 0 Å². The van der Waals surface area contributed by atoms with Crippen LogP contribution in [0.5, 0.6) is 0 Å². The van der Waals surface area contributed by atoms with E-state index >= 15 is 0 Å². The smallest absolute Gasteiger partial charge is 0.139 e. The van der Waals surface area contributed by atoms with E-state index in [1.807, 2.05) is 12.2 Å². The van der Waals surface area contributed by atoms with Crippen molar-refractivity contribution >= 4 is 8.41 Å². The molecule has 3 N–H and O–H groups in total. The van der Waals surface area contributed by atoms with E-state index in [9.17, 15) is 0 Å². The molecule has 14 heavy (non-hydrogen) atoms. The number of nitrogens with one attached hydrogen (secondary N) is 3. The van der Waals surface area contributed by atoms with E-state index in [1.54, 1.807) is 24.7 Å². The number of hydroxylamine groups is 2. The summed E-state index contributed by atoms with van der Waals surface area (Å²) in [5.41, 5.74) is 5.34. The topological polar surface area (TPSA) is 54.5 Å². The number of hydrogen-bond donors (Lipinski definition) is 3. The summed E-state index contributed by atoms with van der Waals surface area (Å²) in [5.74, 6) is 1.47. The minimum Gasteiger partial charge on any atom is -0.389 e. The first-order chi connectivity index (χ1) is 6.45. The van der Waals surface area contributed by atoms with E-state index in [0.717, 1.165) is 11.6 Å². The molecule has 2 aliphatic rings. The molecule has 5 nitrogen and oxygen atoms in total. The number of hydrogen-bond acceptors (Lipinski definition) is 5. The first-order valence-corrected chi connectivity index (χ1v) is 3.79. The van der Waals surface area contributed by atoms with Gasteiger partial charge in [0.05, 0.1) is 8.41 Å². The maximum atomic E-state index is 4.85. The molecule has 0 bridgehead atoms.